The quantitative estimate of drug-likeness (QED) is 0.277. The Morgan fingerprint density at radius 2 is 1.91 bits per heavy atom. The first-order valence-corrected chi connectivity index (χ1v) is 16.7. The number of nitrogens with two attached hydrogens (primary N) is 1. The van der Waals surface area contributed by atoms with Gasteiger partial charge in [0, 0.05) is 26.1 Å². The Hall–Kier alpha value is -3.70. The zero-order valence-corrected chi connectivity index (χ0v) is 27.1. The fourth-order valence-corrected chi connectivity index (χ4v) is 6.99. The molecular formula is C33H45N7O3S. The second-order valence-corrected chi connectivity index (χ2v) is 13.0. The maximum absolute atomic E-state index is 14.3. The SMILES string of the molecule is CCCCNC(=O)N(CCC)N1CC(=O)N2[C@@H](Cc3ccc(C(C)CC)cc3)C(=O)N(Cc3cccc4sc(N)nc34)C[C@@H]21. The number of piperazine rings is 1. The molecule has 2 aliphatic heterocycles. The van der Waals surface area contributed by atoms with Crippen molar-refractivity contribution < 1.29 is 14.4 Å². The second-order valence-electron chi connectivity index (χ2n) is 11.9. The number of hydrazine groups is 1. The van der Waals surface area contributed by atoms with E-state index in [1.807, 2.05) is 35.0 Å². The van der Waals surface area contributed by atoms with E-state index in [2.05, 4.69) is 55.3 Å². The Kier molecular flexibility index (Phi) is 10.1. The van der Waals surface area contributed by atoms with E-state index in [1.54, 1.807) is 9.91 Å². The predicted octanol–water partition coefficient (Wildman–Crippen LogP) is 4.95. The number of carbonyl (C=O) groups is 3. The number of unbranched alkanes of at least 4 members (excludes halogenated alkanes) is 1. The highest BCUT2D eigenvalue weighted by atomic mass is 32.1. The lowest BCUT2D eigenvalue weighted by Crippen LogP contribution is -2.66. The summed E-state index contributed by atoms with van der Waals surface area (Å²) in [5, 5.41) is 7.05. The van der Waals surface area contributed by atoms with Crippen LogP contribution in [0.2, 0.25) is 0 Å². The van der Waals surface area contributed by atoms with Gasteiger partial charge in [0.15, 0.2) is 5.13 Å². The average Bonchev–Trinajstić information content (AvgIpc) is 3.56. The lowest BCUT2D eigenvalue weighted by atomic mass is 9.95. The van der Waals surface area contributed by atoms with Crippen molar-refractivity contribution in [3.63, 3.8) is 0 Å². The molecule has 0 bridgehead atoms. The maximum atomic E-state index is 14.3. The van der Waals surface area contributed by atoms with Gasteiger partial charge in [0.1, 0.15) is 12.2 Å². The second kappa shape index (κ2) is 13.9. The molecular weight excluding hydrogens is 574 g/mol. The molecule has 1 aromatic heterocycles. The third kappa shape index (κ3) is 6.53. The smallest absolute Gasteiger partial charge is 0.332 e. The molecule has 5 rings (SSSR count). The molecule has 10 nitrogen and oxygen atoms in total. The summed E-state index contributed by atoms with van der Waals surface area (Å²) in [5.74, 6) is 0.211. The Balaban J connectivity index is 1.48. The van der Waals surface area contributed by atoms with Gasteiger partial charge in [-0.05, 0) is 47.9 Å². The minimum absolute atomic E-state index is 0.0502. The first-order valence-electron chi connectivity index (χ1n) is 15.9. The Labute approximate surface area is 264 Å². The van der Waals surface area contributed by atoms with Crippen LogP contribution >= 0.6 is 11.3 Å². The van der Waals surface area contributed by atoms with Crippen LogP contribution in [0.5, 0.6) is 0 Å². The van der Waals surface area contributed by atoms with E-state index in [0.29, 0.717) is 37.1 Å². The molecule has 3 heterocycles. The summed E-state index contributed by atoms with van der Waals surface area (Å²) in [5.41, 5.74) is 10.00. The number of aromatic nitrogens is 1. The van der Waals surface area contributed by atoms with E-state index in [4.69, 9.17) is 5.73 Å². The van der Waals surface area contributed by atoms with Gasteiger partial charge in [0.25, 0.3) is 0 Å². The lowest BCUT2D eigenvalue weighted by molar-refractivity contribution is -0.157. The number of anilines is 1. The van der Waals surface area contributed by atoms with Crippen molar-refractivity contribution in [1.82, 2.24) is 30.1 Å². The van der Waals surface area contributed by atoms with Gasteiger partial charge in [-0.3, -0.25) is 14.6 Å². The van der Waals surface area contributed by atoms with Gasteiger partial charge >= 0.3 is 6.03 Å². The molecule has 2 saturated heterocycles. The van der Waals surface area contributed by atoms with Crippen LogP contribution in [0.25, 0.3) is 10.2 Å². The van der Waals surface area contributed by atoms with Crippen molar-refractivity contribution >= 4 is 44.5 Å². The van der Waals surface area contributed by atoms with E-state index < -0.39 is 12.2 Å². The van der Waals surface area contributed by atoms with Crippen LogP contribution in [0, 0.1) is 0 Å². The molecule has 0 spiro atoms. The summed E-state index contributed by atoms with van der Waals surface area (Å²) in [4.78, 5) is 49.5. The zero-order chi connectivity index (χ0) is 31.4. The van der Waals surface area contributed by atoms with Crippen molar-refractivity contribution in [2.75, 3.05) is 31.9 Å². The summed E-state index contributed by atoms with van der Waals surface area (Å²) in [6, 6.07) is 13.4. The molecule has 0 aliphatic carbocycles. The number of nitrogens with zero attached hydrogens (tertiary/aromatic N) is 5. The number of hydrogen-bond acceptors (Lipinski definition) is 7. The molecule has 2 aliphatic rings. The first kappa shape index (κ1) is 31.7. The summed E-state index contributed by atoms with van der Waals surface area (Å²) < 4.78 is 0.972. The number of benzene rings is 2. The van der Waals surface area contributed by atoms with E-state index >= 15 is 0 Å². The molecule has 2 aromatic carbocycles. The minimum Gasteiger partial charge on any atom is -0.375 e. The molecule has 2 fully saturated rings. The van der Waals surface area contributed by atoms with Gasteiger partial charge in [0.2, 0.25) is 11.8 Å². The van der Waals surface area contributed by atoms with Crippen LogP contribution in [0.4, 0.5) is 9.93 Å². The van der Waals surface area contributed by atoms with Crippen LogP contribution < -0.4 is 11.1 Å². The Bertz CT molecular complexity index is 1480. The Morgan fingerprint density at radius 1 is 1.14 bits per heavy atom. The van der Waals surface area contributed by atoms with Crippen LogP contribution in [0.15, 0.2) is 42.5 Å². The van der Waals surface area contributed by atoms with Gasteiger partial charge in [0.05, 0.1) is 23.3 Å². The molecule has 11 heteroatoms. The van der Waals surface area contributed by atoms with Crippen molar-refractivity contribution in [3.8, 4) is 0 Å². The molecule has 0 radical (unpaired) electrons. The molecule has 236 valence electrons. The number of rotatable bonds is 12. The molecule has 44 heavy (non-hydrogen) atoms. The lowest BCUT2D eigenvalue weighted by Gasteiger charge is -2.46. The normalized spacial score (nSPS) is 19.5. The number of para-hydroxylation sites is 1. The fourth-order valence-electron chi connectivity index (χ4n) is 6.21. The average molecular weight is 620 g/mol. The highest BCUT2D eigenvalue weighted by Gasteiger charge is 2.52. The zero-order valence-electron chi connectivity index (χ0n) is 26.3. The van der Waals surface area contributed by atoms with Crippen LogP contribution in [0.1, 0.15) is 76.0 Å². The number of nitrogen functional groups attached to an aromatic ring is 1. The van der Waals surface area contributed by atoms with E-state index in [1.165, 1.54) is 16.9 Å². The molecule has 4 amide bonds. The molecule has 3 N–H and O–H groups in total. The molecule has 0 saturated carbocycles. The van der Waals surface area contributed by atoms with Crippen molar-refractivity contribution in [2.45, 2.75) is 84.5 Å². The number of fused-ring (bicyclic) bond motifs is 2. The van der Waals surface area contributed by atoms with Gasteiger partial charge in [-0.15, -0.1) is 0 Å². The predicted molar refractivity (Wildman–Crippen MR) is 175 cm³/mol. The number of nitrogens with one attached hydrogen (secondary N) is 1. The summed E-state index contributed by atoms with van der Waals surface area (Å²) >= 11 is 1.42. The number of thiazole rings is 1. The summed E-state index contributed by atoms with van der Waals surface area (Å²) in [6.07, 6.45) is 3.57. The third-order valence-electron chi connectivity index (χ3n) is 8.82. The highest BCUT2D eigenvalue weighted by Crippen LogP contribution is 2.32. The Morgan fingerprint density at radius 3 is 2.61 bits per heavy atom. The molecule has 3 atom stereocenters. The fraction of sp³-hybridized carbons (Fsp3) is 0.515. The third-order valence-corrected chi connectivity index (χ3v) is 9.67. The van der Waals surface area contributed by atoms with Gasteiger partial charge in [-0.2, -0.15) is 5.01 Å². The summed E-state index contributed by atoms with van der Waals surface area (Å²) in [7, 11) is 0. The van der Waals surface area contributed by atoms with Crippen LogP contribution in [-0.2, 0) is 22.6 Å². The largest absolute Gasteiger partial charge is 0.375 e. The maximum Gasteiger partial charge on any atom is 0.332 e. The van der Waals surface area contributed by atoms with Gasteiger partial charge in [-0.1, -0.05) is 81.9 Å². The van der Waals surface area contributed by atoms with Gasteiger partial charge < -0.3 is 20.9 Å². The van der Waals surface area contributed by atoms with Crippen LogP contribution in [-0.4, -0.2) is 81.0 Å². The highest BCUT2D eigenvalue weighted by molar-refractivity contribution is 7.22. The first-order chi connectivity index (χ1) is 21.2. The van der Waals surface area contributed by atoms with Crippen molar-refractivity contribution in [3.05, 3.63) is 59.2 Å². The summed E-state index contributed by atoms with van der Waals surface area (Å²) in [6.45, 7) is 10.2. The number of hydrogen-bond donors (Lipinski definition) is 2. The molecule has 1 unspecified atom stereocenters. The minimum atomic E-state index is -0.688. The van der Waals surface area contributed by atoms with Gasteiger partial charge in [-0.25, -0.2) is 9.78 Å². The molecule has 3 aromatic rings. The monoisotopic (exact) mass is 619 g/mol. The van der Waals surface area contributed by atoms with Crippen molar-refractivity contribution in [2.24, 2.45) is 0 Å². The van der Waals surface area contributed by atoms with E-state index in [9.17, 15) is 14.4 Å². The van der Waals surface area contributed by atoms with Crippen LogP contribution in [0.3, 0.4) is 0 Å². The topological polar surface area (TPSA) is 115 Å². The number of amides is 4. The van der Waals surface area contributed by atoms with E-state index in [0.717, 1.165) is 47.0 Å². The van der Waals surface area contributed by atoms with Crippen molar-refractivity contribution in [1.29, 1.82) is 0 Å². The number of carbonyl (C=O) groups excluding carboxylic acids is 3. The standard InChI is InChI=1S/C33H45N7O3S/c1-5-8-16-35-33(43)38(17-6-2)39-21-29(41)40-26(18-23-12-14-24(15-13-23)22(4)7-3)31(42)37(20-28(39)40)19-25-10-9-11-27-30(25)36-32(34)44-27/h9-15,22,26,28H,5-8,16-21H2,1-4H3,(H2,34,36)(H,35,43)/t22?,26-,28+/m0/s1. The number of urea groups is 1. The van der Waals surface area contributed by atoms with E-state index in [-0.39, 0.29) is 30.9 Å².